The molecule has 1 amide bonds. The maximum absolute atomic E-state index is 10.6. The summed E-state index contributed by atoms with van der Waals surface area (Å²) in [5.41, 5.74) is 8.84. The topological polar surface area (TPSA) is 77.2 Å². The highest BCUT2D eigenvalue weighted by atomic mass is 32.1. The van der Waals surface area contributed by atoms with E-state index in [9.17, 15) is 4.79 Å². The number of hydrogen-bond acceptors (Lipinski definition) is 5. The van der Waals surface area contributed by atoms with E-state index in [0.29, 0.717) is 0 Å². The fraction of sp³-hybridized carbons (Fsp3) is 0.667. The summed E-state index contributed by atoms with van der Waals surface area (Å²) in [4.78, 5) is 21.3. The summed E-state index contributed by atoms with van der Waals surface area (Å²) in [5, 5.41) is 1.10. The van der Waals surface area contributed by atoms with Crippen molar-refractivity contribution < 1.29 is 9.63 Å². The Hall–Kier alpha value is -0.980. The fourth-order valence-corrected chi connectivity index (χ4v) is 2.54. The van der Waals surface area contributed by atoms with Crippen molar-refractivity contribution in [3.8, 4) is 0 Å². The lowest BCUT2D eigenvalue weighted by Gasteiger charge is -2.14. The molecule has 1 rings (SSSR count). The van der Waals surface area contributed by atoms with Gasteiger partial charge in [0, 0.05) is 10.3 Å². The average molecular weight is 271 g/mol. The summed E-state index contributed by atoms with van der Waals surface area (Å²) < 4.78 is 0. The maximum Gasteiger partial charge on any atom is 0.245 e. The van der Waals surface area contributed by atoms with Crippen molar-refractivity contribution in [1.82, 2.24) is 10.5 Å². The monoisotopic (exact) mass is 271 g/mol. The molecule has 18 heavy (non-hydrogen) atoms. The number of aryl methyl sites for hydroxylation is 1. The van der Waals surface area contributed by atoms with Gasteiger partial charge in [0.25, 0.3) is 0 Å². The lowest BCUT2D eigenvalue weighted by atomic mass is 9.98. The first kappa shape index (κ1) is 15.1. The van der Waals surface area contributed by atoms with Gasteiger partial charge in [0.05, 0.1) is 16.7 Å². The molecular formula is C12H21N3O2S. The smallest absolute Gasteiger partial charge is 0.245 e. The number of nitrogens with two attached hydrogens (primary N) is 1. The Labute approximate surface area is 112 Å². The van der Waals surface area contributed by atoms with Gasteiger partial charge in [0.1, 0.15) is 6.61 Å². The van der Waals surface area contributed by atoms with Gasteiger partial charge in [-0.3, -0.25) is 9.63 Å². The highest BCUT2D eigenvalue weighted by molar-refractivity contribution is 7.12. The Bertz CT molecular complexity index is 423. The first-order chi connectivity index (χ1) is 8.21. The van der Waals surface area contributed by atoms with Crippen LogP contribution in [-0.4, -0.2) is 17.5 Å². The first-order valence-corrected chi connectivity index (χ1v) is 6.67. The molecule has 0 saturated carbocycles. The lowest BCUT2D eigenvalue weighted by molar-refractivity contribution is -0.125. The number of nitrogens with one attached hydrogen (secondary N) is 1. The molecule has 0 bridgehead atoms. The zero-order valence-corrected chi connectivity index (χ0v) is 12.4. The van der Waals surface area contributed by atoms with Gasteiger partial charge in [-0.2, -0.15) is 5.48 Å². The molecule has 6 heteroatoms. The summed E-state index contributed by atoms with van der Waals surface area (Å²) >= 11 is 1.66. The van der Waals surface area contributed by atoms with Crippen LogP contribution in [0.1, 0.15) is 49.3 Å². The quantitative estimate of drug-likeness (QED) is 0.801. The normalized spacial score (nSPS) is 13.6. The largest absolute Gasteiger partial charge is 0.368 e. The SMILES string of the molecule is Cc1nc(C(C)(C)C)sc1C(C)NOCC(N)=O. The minimum atomic E-state index is -0.494. The predicted molar refractivity (Wildman–Crippen MR) is 72.2 cm³/mol. The second-order valence-corrected chi connectivity index (χ2v) is 6.34. The fourth-order valence-electron chi connectivity index (χ4n) is 1.42. The van der Waals surface area contributed by atoms with Crippen molar-refractivity contribution in [3.05, 3.63) is 15.6 Å². The number of nitrogens with zero attached hydrogens (tertiary/aromatic N) is 1. The molecule has 1 atom stereocenters. The van der Waals surface area contributed by atoms with Gasteiger partial charge >= 0.3 is 0 Å². The van der Waals surface area contributed by atoms with E-state index in [-0.39, 0.29) is 18.1 Å². The van der Waals surface area contributed by atoms with Crippen molar-refractivity contribution in [2.45, 2.75) is 46.1 Å². The maximum atomic E-state index is 10.6. The van der Waals surface area contributed by atoms with Gasteiger partial charge < -0.3 is 5.73 Å². The number of thiazole rings is 1. The van der Waals surface area contributed by atoms with Crippen LogP contribution < -0.4 is 11.2 Å². The number of hydroxylamine groups is 1. The molecule has 0 aliphatic heterocycles. The second kappa shape index (κ2) is 5.77. The Morgan fingerprint density at radius 3 is 2.61 bits per heavy atom. The zero-order valence-electron chi connectivity index (χ0n) is 11.5. The van der Waals surface area contributed by atoms with E-state index in [1.54, 1.807) is 11.3 Å². The second-order valence-electron chi connectivity index (χ2n) is 5.31. The zero-order chi connectivity index (χ0) is 13.9. The van der Waals surface area contributed by atoms with Crippen molar-refractivity contribution in [3.63, 3.8) is 0 Å². The summed E-state index contributed by atoms with van der Waals surface area (Å²) in [7, 11) is 0. The van der Waals surface area contributed by atoms with Crippen LogP contribution >= 0.6 is 11.3 Å². The Morgan fingerprint density at radius 1 is 1.56 bits per heavy atom. The molecule has 1 aromatic rings. The van der Waals surface area contributed by atoms with Crippen LogP contribution in [0.15, 0.2) is 0 Å². The van der Waals surface area contributed by atoms with E-state index in [2.05, 4.69) is 31.2 Å². The van der Waals surface area contributed by atoms with Crippen molar-refractivity contribution in [2.75, 3.05) is 6.61 Å². The molecular weight excluding hydrogens is 250 g/mol. The number of hydrogen-bond donors (Lipinski definition) is 2. The highest BCUT2D eigenvalue weighted by Crippen LogP contribution is 2.32. The highest BCUT2D eigenvalue weighted by Gasteiger charge is 2.22. The molecule has 3 N–H and O–H groups in total. The molecule has 1 aromatic heterocycles. The van der Waals surface area contributed by atoms with Crippen molar-refractivity contribution in [1.29, 1.82) is 0 Å². The van der Waals surface area contributed by atoms with Crippen LogP contribution in [0.4, 0.5) is 0 Å². The van der Waals surface area contributed by atoms with Gasteiger partial charge in [-0.25, -0.2) is 4.98 Å². The van der Waals surface area contributed by atoms with Crippen molar-refractivity contribution in [2.24, 2.45) is 5.73 Å². The van der Waals surface area contributed by atoms with Gasteiger partial charge in [0.15, 0.2) is 0 Å². The number of rotatable bonds is 5. The molecule has 0 aliphatic carbocycles. The molecule has 102 valence electrons. The van der Waals surface area contributed by atoms with E-state index in [0.717, 1.165) is 15.6 Å². The molecule has 0 spiro atoms. The summed E-state index contributed by atoms with van der Waals surface area (Å²) in [6.07, 6.45) is 0. The third-order valence-electron chi connectivity index (χ3n) is 2.34. The summed E-state index contributed by atoms with van der Waals surface area (Å²) in [6.45, 7) is 10.2. The summed E-state index contributed by atoms with van der Waals surface area (Å²) in [6, 6.07) is -0.0158. The van der Waals surface area contributed by atoms with Crippen LogP contribution in [0, 0.1) is 6.92 Å². The molecule has 1 heterocycles. The van der Waals surface area contributed by atoms with E-state index >= 15 is 0 Å². The van der Waals surface area contributed by atoms with Crippen LogP contribution in [0.25, 0.3) is 0 Å². The van der Waals surface area contributed by atoms with Crippen molar-refractivity contribution >= 4 is 17.2 Å². The first-order valence-electron chi connectivity index (χ1n) is 5.85. The molecule has 0 aliphatic rings. The van der Waals surface area contributed by atoms with Crippen LogP contribution in [0.2, 0.25) is 0 Å². The minimum absolute atomic E-state index is 0.0158. The molecule has 5 nitrogen and oxygen atoms in total. The molecule has 0 saturated heterocycles. The average Bonchev–Trinajstić information content (AvgIpc) is 2.59. The minimum Gasteiger partial charge on any atom is -0.368 e. The van der Waals surface area contributed by atoms with Gasteiger partial charge in [-0.15, -0.1) is 11.3 Å². The predicted octanol–water partition coefficient (Wildman–Crippen LogP) is 1.82. The third-order valence-corrected chi connectivity index (χ3v) is 4.11. The Kier molecular flexibility index (Phi) is 4.84. The third kappa shape index (κ3) is 4.04. The van der Waals surface area contributed by atoms with Gasteiger partial charge in [0.2, 0.25) is 5.91 Å². The van der Waals surface area contributed by atoms with E-state index in [1.165, 1.54) is 0 Å². The Morgan fingerprint density at radius 2 is 2.17 bits per heavy atom. The Balaban J connectivity index is 2.71. The van der Waals surface area contributed by atoms with Gasteiger partial charge in [-0.1, -0.05) is 20.8 Å². The van der Waals surface area contributed by atoms with Crippen LogP contribution in [0.3, 0.4) is 0 Å². The summed E-state index contributed by atoms with van der Waals surface area (Å²) in [5.74, 6) is -0.494. The van der Waals surface area contributed by atoms with Crippen LogP contribution in [-0.2, 0) is 15.0 Å². The number of carbonyl (C=O) groups excluding carboxylic acids is 1. The van der Waals surface area contributed by atoms with E-state index < -0.39 is 5.91 Å². The number of aromatic nitrogens is 1. The molecule has 0 radical (unpaired) electrons. The number of primary amides is 1. The van der Waals surface area contributed by atoms with Crippen LogP contribution in [0.5, 0.6) is 0 Å². The molecule has 1 unspecified atom stereocenters. The lowest BCUT2D eigenvalue weighted by Crippen LogP contribution is -2.26. The number of carbonyl (C=O) groups is 1. The molecule has 0 aromatic carbocycles. The standard InChI is InChI=1S/C12H21N3O2S/c1-7-10(8(2)15-17-6-9(13)16)18-11(14-7)12(3,4)5/h8,15H,6H2,1-5H3,(H2,13,16). The van der Waals surface area contributed by atoms with E-state index in [4.69, 9.17) is 10.6 Å². The van der Waals surface area contributed by atoms with E-state index in [1.807, 2.05) is 13.8 Å². The van der Waals surface area contributed by atoms with Gasteiger partial charge in [-0.05, 0) is 13.8 Å². The molecule has 0 fully saturated rings. The number of amides is 1.